The number of hydrazine groups is 1. The second kappa shape index (κ2) is 13.1. The Bertz CT molecular complexity index is 948. The van der Waals surface area contributed by atoms with Crippen molar-refractivity contribution in [1.82, 2.24) is 5.32 Å². The smallest absolute Gasteiger partial charge is 0.407 e. The minimum absolute atomic E-state index is 0.0770. The van der Waals surface area contributed by atoms with E-state index in [0.717, 1.165) is 42.8 Å². The molecule has 0 bridgehead atoms. The van der Waals surface area contributed by atoms with E-state index in [1.807, 2.05) is 45.0 Å². The lowest BCUT2D eigenvalue weighted by Gasteiger charge is -2.26. The van der Waals surface area contributed by atoms with E-state index in [0.29, 0.717) is 13.2 Å². The van der Waals surface area contributed by atoms with Crippen molar-refractivity contribution >= 4 is 17.5 Å². The lowest BCUT2D eigenvalue weighted by Crippen LogP contribution is -2.32. The second-order valence-electron chi connectivity index (χ2n) is 12.8. The van der Waals surface area contributed by atoms with Gasteiger partial charge in [-0.2, -0.15) is 0 Å². The summed E-state index contributed by atoms with van der Waals surface area (Å²) in [5.41, 5.74) is 11.0. The number of carbonyl (C=O) groups excluding carboxylic acids is 1. The van der Waals surface area contributed by atoms with Crippen LogP contribution >= 0.6 is 0 Å². The summed E-state index contributed by atoms with van der Waals surface area (Å²) in [5, 5.41) is 2.80. The van der Waals surface area contributed by atoms with Crippen LogP contribution in [0.5, 0.6) is 5.75 Å². The predicted octanol–water partition coefficient (Wildman–Crippen LogP) is 8.18. The van der Waals surface area contributed by atoms with E-state index in [2.05, 4.69) is 75.9 Å². The molecule has 0 unspecified atom stereocenters. The summed E-state index contributed by atoms with van der Waals surface area (Å²) in [7, 11) is 0. The number of rotatable bonds is 11. The SMILES string of the molecule is CC(C)(C)OC(=O)NCCCCCCOc1ccc(NNc2cc(C(C)(C)C)cc(C(C)(C)C)c2)cc1. The molecule has 1 amide bonds. The van der Waals surface area contributed by atoms with Gasteiger partial charge < -0.3 is 25.6 Å². The highest BCUT2D eigenvalue weighted by Crippen LogP contribution is 2.32. The Hall–Kier alpha value is -2.89. The molecule has 6 nitrogen and oxygen atoms in total. The van der Waals surface area contributed by atoms with Gasteiger partial charge in [0.1, 0.15) is 11.4 Å². The first-order chi connectivity index (χ1) is 17.1. The van der Waals surface area contributed by atoms with Crippen LogP contribution in [0, 0.1) is 0 Å². The maximum absolute atomic E-state index is 11.6. The highest BCUT2D eigenvalue weighted by Gasteiger charge is 2.20. The Morgan fingerprint density at radius 3 is 1.78 bits per heavy atom. The number of carbonyl (C=O) groups is 1. The first-order valence-corrected chi connectivity index (χ1v) is 13.5. The van der Waals surface area contributed by atoms with Crippen LogP contribution in [0.25, 0.3) is 0 Å². The third kappa shape index (κ3) is 11.8. The number of nitrogens with one attached hydrogen (secondary N) is 3. The zero-order chi connectivity index (χ0) is 27.7. The number of amides is 1. The van der Waals surface area contributed by atoms with Gasteiger partial charge in [-0.3, -0.25) is 0 Å². The molecule has 6 heteroatoms. The Balaban J connectivity index is 1.72. The Morgan fingerprint density at radius 2 is 1.24 bits per heavy atom. The average Bonchev–Trinajstić information content (AvgIpc) is 2.77. The summed E-state index contributed by atoms with van der Waals surface area (Å²) in [6, 6.07) is 14.8. The third-order valence-corrected chi connectivity index (χ3v) is 5.88. The number of ether oxygens (including phenoxy) is 2. The molecule has 37 heavy (non-hydrogen) atoms. The summed E-state index contributed by atoms with van der Waals surface area (Å²) < 4.78 is 11.1. The number of benzene rings is 2. The van der Waals surface area contributed by atoms with Crippen LogP contribution in [-0.4, -0.2) is 24.8 Å². The molecule has 2 aromatic rings. The van der Waals surface area contributed by atoms with E-state index >= 15 is 0 Å². The molecule has 206 valence electrons. The normalized spacial score (nSPS) is 12.1. The van der Waals surface area contributed by atoms with Gasteiger partial charge in [0.05, 0.1) is 18.0 Å². The number of anilines is 2. The van der Waals surface area contributed by atoms with Crippen LogP contribution in [0.1, 0.15) is 99.1 Å². The van der Waals surface area contributed by atoms with Crippen molar-refractivity contribution in [2.45, 2.75) is 104 Å². The molecule has 2 rings (SSSR count). The van der Waals surface area contributed by atoms with Crippen LogP contribution < -0.4 is 20.9 Å². The molecule has 2 aromatic carbocycles. The molecule has 0 aliphatic heterocycles. The topological polar surface area (TPSA) is 71.6 Å². The lowest BCUT2D eigenvalue weighted by atomic mass is 9.80. The molecular weight excluding hydrogens is 462 g/mol. The molecule has 0 aliphatic carbocycles. The Labute approximate surface area is 224 Å². The maximum Gasteiger partial charge on any atom is 0.407 e. The summed E-state index contributed by atoms with van der Waals surface area (Å²) >= 11 is 0. The average molecular weight is 512 g/mol. The summed E-state index contributed by atoms with van der Waals surface area (Å²) in [5.74, 6) is 0.863. The van der Waals surface area contributed by atoms with Gasteiger partial charge in [0.25, 0.3) is 0 Å². The molecule has 0 spiro atoms. The van der Waals surface area contributed by atoms with Crippen molar-refractivity contribution < 1.29 is 14.3 Å². The molecule has 0 aromatic heterocycles. The van der Waals surface area contributed by atoms with Crippen LogP contribution in [-0.2, 0) is 15.6 Å². The van der Waals surface area contributed by atoms with Crippen molar-refractivity contribution in [3.05, 3.63) is 53.6 Å². The minimum Gasteiger partial charge on any atom is -0.494 e. The fraction of sp³-hybridized carbons (Fsp3) is 0.581. The predicted molar refractivity (Wildman–Crippen MR) is 156 cm³/mol. The summed E-state index contributed by atoms with van der Waals surface area (Å²) in [4.78, 5) is 11.6. The van der Waals surface area contributed by atoms with Crippen molar-refractivity contribution in [1.29, 1.82) is 0 Å². The van der Waals surface area contributed by atoms with E-state index in [1.54, 1.807) is 0 Å². The fourth-order valence-corrected chi connectivity index (χ4v) is 3.62. The highest BCUT2D eigenvalue weighted by atomic mass is 16.6. The van der Waals surface area contributed by atoms with Gasteiger partial charge in [0, 0.05) is 6.54 Å². The minimum atomic E-state index is -0.458. The molecule has 0 saturated heterocycles. The van der Waals surface area contributed by atoms with E-state index < -0.39 is 5.60 Å². The van der Waals surface area contributed by atoms with Crippen molar-refractivity contribution in [3.63, 3.8) is 0 Å². The largest absolute Gasteiger partial charge is 0.494 e. The molecule has 0 heterocycles. The van der Waals surface area contributed by atoms with E-state index in [4.69, 9.17) is 9.47 Å². The van der Waals surface area contributed by atoms with Crippen molar-refractivity contribution in [3.8, 4) is 5.75 Å². The molecule has 0 fully saturated rings. The van der Waals surface area contributed by atoms with Gasteiger partial charge in [-0.15, -0.1) is 0 Å². The van der Waals surface area contributed by atoms with Gasteiger partial charge >= 0.3 is 6.09 Å². The van der Waals surface area contributed by atoms with E-state index in [-0.39, 0.29) is 16.9 Å². The Morgan fingerprint density at radius 1 is 0.703 bits per heavy atom. The van der Waals surface area contributed by atoms with Gasteiger partial charge in [-0.1, -0.05) is 60.5 Å². The summed E-state index contributed by atoms with van der Waals surface area (Å²) in [6.45, 7) is 20.4. The Kier molecular flexibility index (Phi) is 10.7. The van der Waals surface area contributed by atoms with E-state index in [9.17, 15) is 4.79 Å². The van der Waals surface area contributed by atoms with Crippen LogP contribution in [0.15, 0.2) is 42.5 Å². The zero-order valence-electron chi connectivity index (χ0n) is 24.5. The first kappa shape index (κ1) is 30.3. The third-order valence-electron chi connectivity index (χ3n) is 5.88. The van der Waals surface area contributed by atoms with Crippen LogP contribution in [0.3, 0.4) is 0 Å². The molecule has 0 saturated carbocycles. The molecule has 0 aliphatic rings. The zero-order valence-corrected chi connectivity index (χ0v) is 24.5. The van der Waals surface area contributed by atoms with Crippen LogP contribution in [0.2, 0.25) is 0 Å². The number of unbranched alkanes of at least 4 members (excludes halogenated alkanes) is 3. The van der Waals surface area contributed by atoms with Gasteiger partial charge in [0.15, 0.2) is 0 Å². The molecule has 0 radical (unpaired) electrons. The highest BCUT2D eigenvalue weighted by molar-refractivity contribution is 5.67. The number of alkyl carbamates (subject to hydrolysis) is 1. The monoisotopic (exact) mass is 511 g/mol. The van der Waals surface area contributed by atoms with Gasteiger partial charge in [0.2, 0.25) is 0 Å². The number of hydrogen-bond donors (Lipinski definition) is 3. The maximum atomic E-state index is 11.6. The van der Waals surface area contributed by atoms with Crippen molar-refractivity contribution in [2.75, 3.05) is 24.0 Å². The van der Waals surface area contributed by atoms with Gasteiger partial charge in [-0.25, -0.2) is 4.79 Å². The van der Waals surface area contributed by atoms with Crippen LogP contribution in [0.4, 0.5) is 16.2 Å². The molecular formula is C31H49N3O3. The van der Waals surface area contributed by atoms with Gasteiger partial charge in [-0.05, 0) is 92.0 Å². The first-order valence-electron chi connectivity index (χ1n) is 13.5. The quantitative estimate of drug-likeness (QED) is 0.209. The number of hydrogen-bond acceptors (Lipinski definition) is 5. The second-order valence-corrected chi connectivity index (χ2v) is 12.8. The summed E-state index contributed by atoms with van der Waals surface area (Å²) in [6.07, 6.45) is 3.67. The molecule has 0 atom stereocenters. The lowest BCUT2D eigenvalue weighted by molar-refractivity contribution is 0.0527. The van der Waals surface area contributed by atoms with Crippen molar-refractivity contribution in [2.24, 2.45) is 0 Å². The molecule has 3 N–H and O–H groups in total. The fourth-order valence-electron chi connectivity index (χ4n) is 3.62. The van der Waals surface area contributed by atoms with E-state index in [1.165, 1.54) is 11.1 Å². The standard InChI is InChI=1S/C31H49N3O3/c1-29(2,3)23-20-24(30(4,5)6)22-26(21-23)34-33-25-14-16-27(17-15-25)36-19-13-11-10-12-18-32-28(35)37-31(7,8)9/h14-17,20-22,33-34H,10-13,18-19H2,1-9H3,(H,32,35).